The Morgan fingerprint density at radius 2 is 2.00 bits per heavy atom. The van der Waals surface area contributed by atoms with Crippen LogP contribution >= 0.6 is 0 Å². The van der Waals surface area contributed by atoms with Gasteiger partial charge in [-0.2, -0.15) is 0 Å². The van der Waals surface area contributed by atoms with E-state index in [4.69, 9.17) is 2.74 Å². The summed E-state index contributed by atoms with van der Waals surface area (Å²) in [5, 5.41) is 0. The number of Topliss-reactive ketones (excluding diaryl/α,β-unsaturated/α-hetero) is 1. The highest BCUT2D eigenvalue weighted by Gasteiger charge is 2.05. The third kappa shape index (κ3) is 1.30. The first kappa shape index (κ1) is 2.85. The Bertz CT molecular complexity index is 119. The van der Waals surface area contributed by atoms with Gasteiger partial charge < -0.3 is 0 Å². The topological polar surface area (TPSA) is 17.1 Å². The zero-order valence-electron chi connectivity index (χ0n) is 6.24. The highest BCUT2D eigenvalue weighted by Crippen LogP contribution is 2.12. The molecule has 0 radical (unpaired) electrons. The van der Waals surface area contributed by atoms with E-state index in [1.54, 1.807) is 0 Å². The Labute approximate surface area is 46.5 Å². The molecule has 1 aliphatic carbocycles. The van der Waals surface area contributed by atoms with Crippen molar-refractivity contribution in [2.24, 2.45) is 0 Å². The van der Waals surface area contributed by atoms with Gasteiger partial charge in [-0.15, -0.1) is 0 Å². The lowest BCUT2D eigenvalue weighted by atomic mass is 10.00. The first-order chi connectivity index (χ1) is 4.10. The van der Waals surface area contributed by atoms with Gasteiger partial charge in [-0.3, -0.25) is 4.79 Å². The van der Waals surface area contributed by atoms with Crippen LogP contribution in [0, 0.1) is 0 Å². The van der Waals surface area contributed by atoms with E-state index in [1.165, 1.54) is 0 Å². The van der Waals surface area contributed by atoms with Crippen LogP contribution < -0.4 is 0 Å². The molecule has 0 aromatic carbocycles. The molecule has 1 fully saturated rings. The van der Waals surface area contributed by atoms with Crippen molar-refractivity contribution in [3.05, 3.63) is 0 Å². The average Bonchev–Trinajstić information content (AvgIpc) is 1.78. The molecule has 0 N–H and O–H groups in total. The maximum absolute atomic E-state index is 10.6. The lowest BCUT2D eigenvalue weighted by Crippen LogP contribution is -2.02. The smallest absolute Gasteiger partial charge is 0.132 e. The number of carbonyl (C=O) groups is 1. The molecule has 7 heavy (non-hydrogen) atoms. The maximum atomic E-state index is 10.6. The molecular formula is C6H10O. The summed E-state index contributed by atoms with van der Waals surface area (Å²) in [4.78, 5) is 10.6. The summed E-state index contributed by atoms with van der Waals surface area (Å²) < 4.78 is 14.5. The second kappa shape index (κ2) is 2.10. The number of hydrogen-bond donors (Lipinski definition) is 0. The lowest BCUT2D eigenvalue weighted by Gasteiger charge is -2.05. The van der Waals surface area contributed by atoms with Crippen molar-refractivity contribution in [1.82, 2.24) is 0 Å². The monoisotopic (exact) mass is 100 g/mol. The molecule has 1 heteroatoms. The molecule has 1 nitrogen and oxygen atoms in total. The summed E-state index contributed by atoms with van der Waals surface area (Å²) in [6.07, 6.45) is 0.658. The second-order valence-corrected chi connectivity index (χ2v) is 1.79. The molecule has 1 aliphatic rings. The predicted octanol–water partition coefficient (Wildman–Crippen LogP) is 1.52. The molecule has 0 aliphatic heterocycles. The van der Waals surface area contributed by atoms with Crippen molar-refractivity contribution in [1.29, 1.82) is 0 Å². The summed E-state index contributed by atoms with van der Waals surface area (Å²) in [7, 11) is 0. The molecule has 0 spiro atoms. The Balaban J connectivity index is 2.44. The Hall–Kier alpha value is -0.330. The fraction of sp³-hybridized carbons (Fsp3) is 0.833. The van der Waals surface area contributed by atoms with E-state index in [2.05, 4.69) is 0 Å². The quantitative estimate of drug-likeness (QED) is 0.451. The van der Waals surface area contributed by atoms with Crippen LogP contribution in [-0.2, 0) is 4.79 Å². The molecule has 0 saturated heterocycles. The van der Waals surface area contributed by atoms with Gasteiger partial charge in [-0.1, -0.05) is 6.37 Å². The predicted molar refractivity (Wildman–Crippen MR) is 28.1 cm³/mol. The molecule has 0 atom stereocenters. The molecule has 0 bridgehead atoms. The number of hydrogen-bond acceptors (Lipinski definition) is 1. The minimum Gasteiger partial charge on any atom is -0.300 e. The summed E-state index contributed by atoms with van der Waals surface area (Å²) >= 11 is 0. The minimum absolute atomic E-state index is 0.213. The van der Waals surface area contributed by atoms with Crippen molar-refractivity contribution in [2.75, 3.05) is 0 Å². The van der Waals surface area contributed by atoms with Crippen molar-refractivity contribution in [2.45, 2.75) is 32.1 Å². The van der Waals surface area contributed by atoms with Crippen molar-refractivity contribution < 1.29 is 7.54 Å². The molecule has 40 valence electrons. The van der Waals surface area contributed by atoms with Crippen LogP contribution in [0.3, 0.4) is 0 Å². The molecule has 0 unspecified atom stereocenters. The minimum atomic E-state index is -1.06. The van der Waals surface area contributed by atoms with Gasteiger partial charge in [0.1, 0.15) is 5.78 Å². The fourth-order valence-corrected chi connectivity index (χ4v) is 0.706. The van der Waals surface area contributed by atoms with E-state index < -0.39 is 6.37 Å². The van der Waals surface area contributed by atoms with Crippen LogP contribution in [0.4, 0.5) is 0 Å². The van der Waals surface area contributed by atoms with Gasteiger partial charge in [-0.25, -0.2) is 0 Å². The zero-order valence-corrected chi connectivity index (χ0v) is 4.24. The van der Waals surface area contributed by atoms with Crippen LogP contribution in [-0.4, -0.2) is 5.78 Å². The van der Waals surface area contributed by atoms with E-state index in [1.807, 2.05) is 0 Å². The maximum Gasteiger partial charge on any atom is 0.132 e. The molecular weight excluding hydrogens is 88.1 g/mol. The van der Waals surface area contributed by atoms with Crippen LogP contribution in [0.2, 0.25) is 0 Å². The second-order valence-electron chi connectivity index (χ2n) is 1.79. The van der Waals surface area contributed by atoms with Gasteiger partial charge in [0.25, 0.3) is 0 Å². The van der Waals surface area contributed by atoms with E-state index in [0.717, 1.165) is 0 Å². The largest absolute Gasteiger partial charge is 0.300 e. The van der Waals surface area contributed by atoms with Crippen LogP contribution in [0.5, 0.6) is 0 Å². The first-order valence-corrected chi connectivity index (χ1v) is 2.62. The highest BCUT2D eigenvalue weighted by molar-refractivity contribution is 5.78. The Kier molecular flexibility index (Phi) is 0.857. The Morgan fingerprint density at radius 1 is 1.43 bits per heavy atom. The molecule has 0 amide bonds. The SMILES string of the molecule is [2H]C1([2H])CCC(=O)CC1. The van der Waals surface area contributed by atoms with Gasteiger partial charge in [0.15, 0.2) is 0 Å². The summed E-state index contributed by atoms with van der Waals surface area (Å²) in [6.45, 7) is 0. The van der Waals surface area contributed by atoms with Crippen LogP contribution in [0.1, 0.15) is 34.8 Å². The zero-order chi connectivity index (χ0) is 6.91. The van der Waals surface area contributed by atoms with Gasteiger partial charge in [0, 0.05) is 15.6 Å². The standard InChI is InChI=1S/C6H10O/c7-6-4-2-1-3-5-6/h1-5H2/i1D2. The van der Waals surface area contributed by atoms with E-state index in [-0.39, 0.29) is 5.78 Å². The molecule has 1 saturated carbocycles. The summed E-state index contributed by atoms with van der Waals surface area (Å²) in [6, 6.07) is 0. The third-order valence-electron chi connectivity index (χ3n) is 1.16. The third-order valence-corrected chi connectivity index (χ3v) is 1.16. The average molecular weight is 100 g/mol. The van der Waals surface area contributed by atoms with E-state index in [9.17, 15) is 4.79 Å². The highest BCUT2D eigenvalue weighted by atomic mass is 16.1. The fourth-order valence-electron chi connectivity index (χ4n) is 0.706. The Morgan fingerprint density at radius 3 is 2.43 bits per heavy atom. The lowest BCUT2D eigenvalue weighted by molar-refractivity contribution is -0.120. The number of rotatable bonds is 0. The molecule has 0 heterocycles. The molecule has 0 aromatic rings. The first-order valence-electron chi connectivity index (χ1n) is 3.62. The van der Waals surface area contributed by atoms with Crippen LogP contribution in [0.25, 0.3) is 0 Å². The number of carbonyl (C=O) groups excluding carboxylic acids is 1. The number of ketones is 1. The van der Waals surface area contributed by atoms with E-state index >= 15 is 0 Å². The van der Waals surface area contributed by atoms with Crippen LogP contribution in [0.15, 0.2) is 0 Å². The van der Waals surface area contributed by atoms with Crippen molar-refractivity contribution >= 4 is 5.78 Å². The van der Waals surface area contributed by atoms with E-state index in [0.29, 0.717) is 25.7 Å². The summed E-state index contributed by atoms with van der Waals surface area (Å²) in [5.74, 6) is 0.213. The van der Waals surface area contributed by atoms with Gasteiger partial charge in [-0.05, 0) is 12.8 Å². The molecule has 0 aromatic heterocycles. The van der Waals surface area contributed by atoms with Gasteiger partial charge >= 0.3 is 0 Å². The molecule has 1 rings (SSSR count). The van der Waals surface area contributed by atoms with Gasteiger partial charge in [0.2, 0.25) is 0 Å². The van der Waals surface area contributed by atoms with Crippen molar-refractivity contribution in [3.8, 4) is 0 Å². The van der Waals surface area contributed by atoms with Gasteiger partial charge in [0.05, 0.1) is 0 Å². The van der Waals surface area contributed by atoms with Crippen molar-refractivity contribution in [3.63, 3.8) is 0 Å². The summed E-state index contributed by atoms with van der Waals surface area (Å²) in [5.41, 5.74) is 0. The normalized spacial score (nSPS) is 34.0.